The molecule has 0 aromatic heterocycles. The van der Waals surface area contributed by atoms with Gasteiger partial charge in [-0.2, -0.15) is 0 Å². The van der Waals surface area contributed by atoms with Gasteiger partial charge < -0.3 is 25.4 Å². The molecule has 1 atom stereocenters. The number of benzene rings is 1. The van der Waals surface area contributed by atoms with E-state index in [0.29, 0.717) is 31.8 Å². The lowest BCUT2D eigenvalue weighted by molar-refractivity contribution is -0.123. The molecule has 0 bridgehead atoms. The average molecular weight is 358 g/mol. The lowest BCUT2D eigenvalue weighted by atomic mass is 10.2. The Hall–Kier alpha value is -1.83. The number of nitrogens with zero attached hydrogens (tertiary/aromatic N) is 1. The van der Waals surface area contributed by atoms with Crippen molar-refractivity contribution in [1.82, 2.24) is 5.32 Å². The van der Waals surface area contributed by atoms with E-state index in [4.69, 9.17) is 15.2 Å². The number of ether oxygens (including phenoxy) is 2. The first-order chi connectivity index (χ1) is 11.2. The van der Waals surface area contributed by atoms with E-state index in [0.717, 1.165) is 5.69 Å². The van der Waals surface area contributed by atoms with Crippen LogP contribution in [0.3, 0.4) is 0 Å². The van der Waals surface area contributed by atoms with E-state index in [1.807, 2.05) is 24.3 Å². The van der Waals surface area contributed by atoms with Crippen molar-refractivity contribution in [1.29, 1.82) is 0 Å². The van der Waals surface area contributed by atoms with Crippen molar-refractivity contribution < 1.29 is 19.1 Å². The molecule has 0 saturated carbocycles. The van der Waals surface area contributed by atoms with Crippen LogP contribution in [0.15, 0.2) is 24.3 Å². The van der Waals surface area contributed by atoms with Gasteiger partial charge in [0, 0.05) is 26.7 Å². The van der Waals surface area contributed by atoms with Gasteiger partial charge in [0.15, 0.2) is 6.61 Å². The van der Waals surface area contributed by atoms with Crippen LogP contribution in [-0.4, -0.2) is 51.3 Å². The van der Waals surface area contributed by atoms with Gasteiger partial charge in [0.25, 0.3) is 5.91 Å². The molecule has 1 heterocycles. The summed E-state index contributed by atoms with van der Waals surface area (Å²) in [6.07, 6.45) is 0.640. The maximum Gasteiger partial charge on any atom is 0.265 e. The number of anilines is 1. The third kappa shape index (κ3) is 5.36. The second-order valence-corrected chi connectivity index (χ2v) is 5.30. The van der Waals surface area contributed by atoms with Crippen LogP contribution in [0.5, 0.6) is 5.75 Å². The van der Waals surface area contributed by atoms with Gasteiger partial charge in [-0.15, -0.1) is 12.4 Å². The lowest BCUT2D eigenvalue weighted by Gasteiger charge is -2.29. The van der Waals surface area contributed by atoms with Gasteiger partial charge in [-0.05, 0) is 18.6 Å². The molecule has 0 saturated heterocycles. The standard InChI is InChI=1S/C16H23N3O4.ClH/c1-22-12(10-17)9-15(20)18-7-4-8-19-13-5-2-3-6-14(13)23-11-16(19)21;/h2-3,5-6,12H,4,7-11,17H2,1H3,(H,18,20);1H. The van der Waals surface area contributed by atoms with Gasteiger partial charge in [-0.3, -0.25) is 9.59 Å². The Kier molecular flexibility index (Phi) is 8.53. The summed E-state index contributed by atoms with van der Waals surface area (Å²) in [6.45, 7) is 1.38. The molecule has 0 spiro atoms. The summed E-state index contributed by atoms with van der Waals surface area (Å²) in [7, 11) is 1.53. The van der Waals surface area contributed by atoms with Crippen LogP contribution in [0.25, 0.3) is 0 Å². The Morgan fingerprint density at radius 3 is 2.92 bits per heavy atom. The number of nitrogens with one attached hydrogen (secondary N) is 1. The zero-order valence-corrected chi connectivity index (χ0v) is 14.5. The highest BCUT2D eigenvalue weighted by Crippen LogP contribution is 2.31. The van der Waals surface area contributed by atoms with E-state index >= 15 is 0 Å². The molecule has 1 aliphatic heterocycles. The van der Waals surface area contributed by atoms with Crippen molar-refractivity contribution in [2.24, 2.45) is 5.73 Å². The van der Waals surface area contributed by atoms with Gasteiger partial charge in [-0.25, -0.2) is 0 Å². The fraction of sp³-hybridized carbons (Fsp3) is 0.500. The van der Waals surface area contributed by atoms with Crippen molar-refractivity contribution in [3.8, 4) is 5.75 Å². The minimum Gasteiger partial charge on any atom is -0.482 e. The van der Waals surface area contributed by atoms with Gasteiger partial charge in [0.05, 0.1) is 18.2 Å². The minimum absolute atomic E-state index is 0. The third-order valence-electron chi connectivity index (χ3n) is 3.70. The Bertz CT molecular complexity index is 552. The summed E-state index contributed by atoms with van der Waals surface area (Å²) in [4.78, 5) is 25.4. The van der Waals surface area contributed by atoms with Crippen molar-refractivity contribution in [2.75, 3.05) is 38.3 Å². The van der Waals surface area contributed by atoms with E-state index in [-0.39, 0.29) is 43.4 Å². The predicted molar refractivity (Wildman–Crippen MR) is 93.6 cm³/mol. The van der Waals surface area contributed by atoms with Gasteiger partial charge >= 0.3 is 0 Å². The van der Waals surface area contributed by atoms with Crippen LogP contribution in [0, 0.1) is 0 Å². The number of hydrogen-bond donors (Lipinski definition) is 2. The number of amides is 2. The van der Waals surface area contributed by atoms with E-state index in [1.165, 1.54) is 7.11 Å². The number of methoxy groups -OCH3 is 1. The molecule has 2 amide bonds. The van der Waals surface area contributed by atoms with Crippen molar-refractivity contribution >= 4 is 29.9 Å². The van der Waals surface area contributed by atoms with Crippen LogP contribution in [0.2, 0.25) is 0 Å². The maximum absolute atomic E-state index is 12.0. The Morgan fingerprint density at radius 1 is 1.46 bits per heavy atom. The lowest BCUT2D eigenvalue weighted by Crippen LogP contribution is -2.40. The number of hydrogen-bond acceptors (Lipinski definition) is 5. The Labute approximate surface area is 147 Å². The third-order valence-corrected chi connectivity index (χ3v) is 3.70. The fourth-order valence-electron chi connectivity index (χ4n) is 2.41. The zero-order chi connectivity index (χ0) is 16.7. The Morgan fingerprint density at radius 2 is 2.21 bits per heavy atom. The zero-order valence-electron chi connectivity index (χ0n) is 13.7. The van der Waals surface area contributed by atoms with Gasteiger partial charge in [-0.1, -0.05) is 12.1 Å². The van der Waals surface area contributed by atoms with Crippen LogP contribution in [0.4, 0.5) is 5.69 Å². The molecule has 0 fully saturated rings. The molecule has 8 heteroatoms. The second kappa shape index (κ2) is 10.1. The van der Waals surface area contributed by atoms with Crippen molar-refractivity contribution in [3.05, 3.63) is 24.3 Å². The number of rotatable bonds is 8. The molecule has 3 N–H and O–H groups in total. The monoisotopic (exact) mass is 357 g/mol. The maximum atomic E-state index is 12.0. The molecule has 7 nitrogen and oxygen atoms in total. The highest BCUT2D eigenvalue weighted by Gasteiger charge is 2.24. The van der Waals surface area contributed by atoms with Crippen LogP contribution in [0.1, 0.15) is 12.8 Å². The SMILES string of the molecule is COC(CN)CC(=O)NCCCN1C(=O)COc2ccccc21.Cl. The summed E-state index contributed by atoms with van der Waals surface area (Å²) in [5.41, 5.74) is 6.26. The molecule has 1 unspecified atom stereocenters. The first-order valence-corrected chi connectivity index (χ1v) is 7.67. The van der Waals surface area contributed by atoms with Crippen molar-refractivity contribution in [2.45, 2.75) is 18.9 Å². The molecule has 0 radical (unpaired) electrons. The van der Waals surface area contributed by atoms with Gasteiger partial charge in [0.1, 0.15) is 5.75 Å². The number of carbonyl (C=O) groups excluding carboxylic acids is 2. The van der Waals surface area contributed by atoms with E-state index in [2.05, 4.69) is 5.32 Å². The average Bonchev–Trinajstić information content (AvgIpc) is 2.58. The minimum atomic E-state index is -0.261. The van der Waals surface area contributed by atoms with E-state index in [9.17, 15) is 9.59 Å². The summed E-state index contributed by atoms with van der Waals surface area (Å²) in [5.74, 6) is 0.538. The summed E-state index contributed by atoms with van der Waals surface area (Å²) in [6, 6.07) is 7.44. The number of para-hydroxylation sites is 2. The first-order valence-electron chi connectivity index (χ1n) is 7.67. The molecule has 1 aliphatic rings. The largest absolute Gasteiger partial charge is 0.482 e. The Balaban J connectivity index is 0.00000288. The summed E-state index contributed by atoms with van der Waals surface area (Å²) >= 11 is 0. The normalized spacial score (nSPS) is 14.2. The molecule has 24 heavy (non-hydrogen) atoms. The molecule has 0 aliphatic carbocycles. The van der Waals surface area contributed by atoms with Crippen molar-refractivity contribution in [3.63, 3.8) is 0 Å². The first kappa shape index (κ1) is 20.2. The summed E-state index contributed by atoms with van der Waals surface area (Å²) < 4.78 is 10.5. The van der Waals surface area contributed by atoms with Crippen LogP contribution >= 0.6 is 12.4 Å². The molecule has 1 aromatic rings. The molecule has 1 aromatic carbocycles. The molecular weight excluding hydrogens is 334 g/mol. The number of carbonyl (C=O) groups is 2. The van der Waals surface area contributed by atoms with Crippen LogP contribution in [-0.2, 0) is 14.3 Å². The fourth-order valence-corrected chi connectivity index (χ4v) is 2.41. The quantitative estimate of drug-likeness (QED) is 0.668. The highest BCUT2D eigenvalue weighted by molar-refractivity contribution is 5.97. The van der Waals surface area contributed by atoms with E-state index in [1.54, 1.807) is 4.90 Å². The molecular formula is C16H24ClN3O4. The number of fused-ring (bicyclic) bond motifs is 1. The van der Waals surface area contributed by atoms with E-state index < -0.39 is 0 Å². The van der Waals surface area contributed by atoms with Crippen LogP contribution < -0.4 is 20.7 Å². The second-order valence-electron chi connectivity index (χ2n) is 5.30. The smallest absolute Gasteiger partial charge is 0.265 e. The summed E-state index contributed by atoms with van der Waals surface area (Å²) in [5, 5.41) is 2.82. The molecule has 134 valence electrons. The number of nitrogens with two attached hydrogens (primary N) is 1. The molecule has 2 rings (SSSR count). The topological polar surface area (TPSA) is 93.9 Å². The van der Waals surface area contributed by atoms with Gasteiger partial charge in [0.2, 0.25) is 5.91 Å². The number of halogens is 1. The highest BCUT2D eigenvalue weighted by atomic mass is 35.5. The predicted octanol–water partition coefficient (Wildman–Crippen LogP) is 0.704.